The highest BCUT2D eigenvalue weighted by atomic mass is 16.5. The van der Waals surface area contributed by atoms with Gasteiger partial charge in [-0.3, -0.25) is 9.69 Å². The van der Waals surface area contributed by atoms with Gasteiger partial charge in [-0.1, -0.05) is 18.2 Å². The van der Waals surface area contributed by atoms with Crippen LogP contribution < -0.4 is 4.74 Å². The molecule has 3 heterocycles. The van der Waals surface area contributed by atoms with Crippen molar-refractivity contribution >= 4 is 5.91 Å². The Bertz CT molecular complexity index is 1140. The Balaban J connectivity index is 0.992. The van der Waals surface area contributed by atoms with Crippen molar-refractivity contribution in [3.8, 4) is 5.75 Å². The Morgan fingerprint density at radius 3 is 2.75 bits per heavy atom. The number of aryl methyl sites for hydroxylation is 1. The van der Waals surface area contributed by atoms with Gasteiger partial charge in [0, 0.05) is 43.9 Å². The summed E-state index contributed by atoms with van der Waals surface area (Å²) in [6, 6.07) is 14.3. The first-order chi connectivity index (χ1) is 17.7. The van der Waals surface area contributed by atoms with Crippen LogP contribution in [0.3, 0.4) is 0 Å². The summed E-state index contributed by atoms with van der Waals surface area (Å²) in [6.07, 6.45) is 10.7. The van der Waals surface area contributed by atoms with Gasteiger partial charge in [-0.15, -0.1) is 0 Å². The van der Waals surface area contributed by atoms with Gasteiger partial charge in [0.1, 0.15) is 12.4 Å². The number of likely N-dealkylation sites (tertiary alicyclic amines) is 1. The third-order valence-electron chi connectivity index (χ3n) is 9.47. The number of piperidine rings is 1. The van der Waals surface area contributed by atoms with Crippen LogP contribution in [0.25, 0.3) is 0 Å². The second-order valence-electron chi connectivity index (χ2n) is 11.8. The van der Waals surface area contributed by atoms with Crippen LogP contribution >= 0.6 is 0 Å². The summed E-state index contributed by atoms with van der Waals surface area (Å²) in [5, 5.41) is 0. The third kappa shape index (κ3) is 4.35. The van der Waals surface area contributed by atoms with E-state index in [4.69, 9.17) is 9.47 Å². The van der Waals surface area contributed by atoms with Crippen LogP contribution in [-0.4, -0.2) is 60.2 Å². The lowest BCUT2D eigenvalue weighted by Gasteiger charge is -2.38. The lowest BCUT2D eigenvalue weighted by Crippen LogP contribution is -2.47. The molecule has 0 aromatic heterocycles. The molecule has 5 heteroatoms. The van der Waals surface area contributed by atoms with Gasteiger partial charge in [0.05, 0.1) is 6.10 Å². The standard InChI is InChI=1S/C31H38N2O3/c34-31-30-10-9-28(36-20-29-2-1-13-35-29)17-25(30)11-12-33(31)27-8-6-23-14-21(3-5-24(23)16-27)18-32-19-22-4-7-26(32)15-22/h3,5,9-10,14,17,22,26-27,29H,1-2,4,6-8,11-13,15-16,18-20H2/t22?,26?,27-,29-/m0/s1. The van der Waals surface area contributed by atoms with E-state index < -0.39 is 0 Å². The van der Waals surface area contributed by atoms with Crippen molar-refractivity contribution < 1.29 is 14.3 Å². The molecule has 0 N–H and O–H groups in total. The molecule has 2 bridgehead atoms. The summed E-state index contributed by atoms with van der Waals surface area (Å²) < 4.78 is 11.7. The molecule has 2 aromatic carbocycles. The monoisotopic (exact) mass is 486 g/mol. The molecule has 190 valence electrons. The normalized spacial score (nSPS) is 29.4. The van der Waals surface area contributed by atoms with Crippen molar-refractivity contribution in [3.05, 3.63) is 64.2 Å². The number of carbonyl (C=O) groups excluding carboxylic acids is 1. The number of hydrogen-bond acceptors (Lipinski definition) is 4. The van der Waals surface area contributed by atoms with Crippen LogP contribution in [0.15, 0.2) is 36.4 Å². The molecular weight excluding hydrogens is 448 g/mol. The predicted molar refractivity (Wildman–Crippen MR) is 139 cm³/mol. The maximum atomic E-state index is 13.5. The molecule has 0 spiro atoms. The minimum Gasteiger partial charge on any atom is -0.491 e. The van der Waals surface area contributed by atoms with E-state index in [1.807, 2.05) is 12.1 Å². The van der Waals surface area contributed by atoms with Crippen molar-refractivity contribution in [1.29, 1.82) is 0 Å². The minimum atomic E-state index is 0.191. The number of nitrogens with zero attached hydrogens (tertiary/aromatic N) is 2. The largest absolute Gasteiger partial charge is 0.491 e. The van der Waals surface area contributed by atoms with Gasteiger partial charge in [-0.05, 0) is 104 Å². The molecule has 2 aliphatic carbocycles. The van der Waals surface area contributed by atoms with Gasteiger partial charge in [-0.2, -0.15) is 0 Å². The fourth-order valence-electron chi connectivity index (χ4n) is 7.49. The Morgan fingerprint density at radius 2 is 1.92 bits per heavy atom. The second-order valence-corrected chi connectivity index (χ2v) is 11.8. The van der Waals surface area contributed by atoms with Crippen molar-refractivity contribution in [3.63, 3.8) is 0 Å². The van der Waals surface area contributed by atoms with E-state index >= 15 is 0 Å². The van der Waals surface area contributed by atoms with Crippen LogP contribution in [0, 0.1) is 5.92 Å². The molecule has 0 radical (unpaired) electrons. The van der Waals surface area contributed by atoms with E-state index in [0.29, 0.717) is 12.6 Å². The number of ether oxygens (including phenoxy) is 2. The molecule has 5 nitrogen and oxygen atoms in total. The first kappa shape index (κ1) is 22.8. The number of rotatable bonds is 6. The van der Waals surface area contributed by atoms with Gasteiger partial charge in [0.2, 0.25) is 0 Å². The van der Waals surface area contributed by atoms with Crippen LogP contribution in [-0.2, 0) is 30.5 Å². The Hall–Kier alpha value is -2.37. The molecule has 2 saturated heterocycles. The van der Waals surface area contributed by atoms with Gasteiger partial charge in [-0.25, -0.2) is 0 Å². The smallest absolute Gasteiger partial charge is 0.254 e. The van der Waals surface area contributed by atoms with Gasteiger partial charge < -0.3 is 14.4 Å². The van der Waals surface area contributed by atoms with Crippen LogP contribution in [0.2, 0.25) is 0 Å². The first-order valence-electron chi connectivity index (χ1n) is 14.2. The Kier molecular flexibility index (Phi) is 6.01. The number of benzene rings is 2. The van der Waals surface area contributed by atoms with E-state index in [0.717, 1.165) is 87.1 Å². The summed E-state index contributed by atoms with van der Waals surface area (Å²) in [5.41, 5.74) is 6.39. The number of hydrogen-bond donors (Lipinski definition) is 0. The third-order valence-corrected chi connectivity index (χ3v) is 9.47. The molecule has 1 saturated carbocycles. The summed E-state index contributed by atoms with van der Waals surface area (Å²) in [5.74, 6) is 2.00. The van der Waals surface area contributed by atoms with Gasteiger partial charge in [0.15, 0.2) is 0 Å². The van der Waals surface area contributed by atoms with Crippen LogP contribution in [0.1, 0.15) is 71.1 Å². The maximum Gasteiger partial charge on any atom is 0.254 e. The van der Waals surface area contributed by atoms with E-state index in [9.17, 15) is 4.79 Å². The number of fused-ring (bicyclic) bond motifs is 4. The van der Waals surface area contributed by atoms with Gasteiger partial charge >= 0.3 is 0 Å². The van der Waals surface area contributed by atoms with Crippen molar-refractivity contribution in [2.24, 2.45) is 5.92 Å². The van der Waals surface area contributed by atoms with E-state index in [1.54, 1.807) is 0 Å². The zero-order chi connectivity index (χ0) is 24.1. The Morgan fingerprint density at radius 1 is 0.944 bits per heavy atom. The lowest BCUT2D eigenvalue weighted by molar-refractivity contribution is 0.0638. The molecule has 3 fully saturated rings. The minimum absolute atomic E-state index is 0.191. The highest BCUT2D eigenvalue weighted by molar-refractivity contribution is 5.97. The van der Waals surface area contributed by atoms with Crippen molar-refractivity contribution in [2.75, 3.05) is 26.3 Å². The van der Waals surface area contributed by atoms with Crippen molar-refractivity contribution in [1.82, 2.24) is 9.80 Å². The topological polar surface area (TPSA) is 42.0 Å². The summed E-state index contributed by atoms with van der Waals surface area (Å²) in [4.78, 5) is 18.3. The molecule has 3 aliphatic heterocycles. The summed E-state index contributed by atoms with van der Waals surface area (Å²) in [7, 11) is 0. The molecule has 2 unspecified atom stereocenters. The average molecular weight is 487 g/mol. The van der Waals surface area contributed by atoms with Gasteiger partial charge in [0.25, 0.3) is 5.91 Å². The Labute approximate surface area is 214 Å². The maximum absolute atomic E-state index is 13.5. The zero-order valence-electron chi connectivity index (χ0n) is 21.3. The van der Waals surface area contributed by atoms with Crippen molar-refractivity contribution in [2.45, 2.75) is 82.5 Å². The molecule has 7 rings (SSSR count). The summed E-state index contributed by atoms with van der Waals surface area (Å²) >= 11 is 0. The van der Waals surface area contributed by atoms with E-state index in [1.165, 1.54) is 42.5 Å². The zero-order valence-corrected chi connectivity index (χ0v) is 21.3. The van der Waals surface area contributed by atoms with Crippen LogP contribution in [0.4, 0.5) is 0 Å². The summed E-state index contributed by atoms with van der Waals surface area (Å²) in [6.45, 7) is 4.65. The molecule has 1 amide bonds. The highest BCUT2D eigenvalue weighted by Gasteiger charge is 2.37. The molecular formula is C31H38N2O3. The molecule has 4 atom stereocenters. The lowest BCUT2D eigenvalue weighted by atomic mass is 9.85. The number of amides is 1. The number of carbonyl (C=O) groups is 1. The molecule has 2 aromatic rings. The predicted octanol–water partition coefficient (Wildman–Crippen LogP) is 4.78. The first-order valence-corrected chi connectivity index (χ1v) is 14.2. The molecule has 36 heavy (non-hydrogen) atoms. The fourth-order valence-corrected chi connectivity index (χ4v) is 7.49. The molecule has 5 aliphatic rings. The SMILES string of the molecule is O=C1c2ccc(OC[C@@H]3CCCO3)cc2CCN1[C@H]1CCc2cc(CN3CC4CCC3C4)ccc2C1. The quantitative estimate of drug-likeness (QED) is 0.589. The highest BCUT2D eigenvalue weighted by Crippen LogP contribution is 2.38. The fraction of sp³-hybridized carbons (Fsp3) is 0.581. The van der Waals surface area contributed by atoms with E-state index in [2.05, 4.69) is 34.1 Å². The second kappa shape index (κ2) is 9.50. The van der Waals surface area contributed by atoms with Crippen LogP contribution in [0.5, 0.6) is 5.75 Å². The van der Waals surface area contributed by atoms with E-state index in [-0.39, 0.29) is 12.0 Å². The average Bonchev–Trinajstić information content (AvgIpc) is 3.67.